The number of aryl methyl sites for hydroxylation is 1. The van der Waals surface area contributed by atoms with Crippen LogP contribution in [0.2, 0.25) is 0 Å². The van der Waals surface area contributed by atoms with Crippen molar-refractivity contribution in [2.45, 2.75) is 6.92 Å². The van der Waals surface area contributed by atoms with Gasteiger partial charge in [0.05, 0.1) is 11.9 Å². The summed E-state index contributed by atoms with van der Waals surface area (Å²) in [7, 11) is 0. The fraction of sp³-hybridized carbons (Fsp3) is 0.0476. The first-order chi connectivity index (χ1) is 13.2. The van der Waals surface area contributed by atoms with E-state index in [9.17, 15) is 4.79 Å². The van der Waals surface area contributed by atoms with Crippen LogP contribution in [0.4, 0.5) is 5.69 Å². The third kappa shape index (κ3) is 3.74. The predicted octanol–water partition coefficient (Wildman–Crippen LogP) is 4.36. The summed E-state index contributed by atoms with van der Waals surface area (Å²) in [6, 6.07) is 18.4. The molecule has 1 N–H and O–H groups in total. The highest BCUT2D eigenvalue weighted by Crippen LogP contribution is 2.24. The molecule has 0 aliphatic heterocycles. The van der Waals surface area contributed by atoms with Crippen molar-refractivity contribution < 1.29 is 9.21 Å². The number of anilines is 1. The topological polar surface area (TPSA) is 80.9 Å². The van der Waals surface area contributed by atoms with Crippen LogP contribution in [0.15, 0.2) is 77.5 Å². The summed E-state index contributed by atoms with van der Waals surface area (Å²) in [5.41, 5.74) is 3.95. The maximum atomic E-state index is 12.3. The van der Waals surface area contributed by atoms with Gasteiger partial charge >= 0.3 is 0 Å². The average Bonchev–Trinajstić information content (AvgIpc) is 3.20. The van der Waals surface area contributed by atoms with E-state index in [1.807, 2.05) is 31.2 Å². The molecule has 2 heterocycles. The van der Waals surface area contributed by atoms with Crippen molar-refractivity contribution in [2.75, 3.05) is 5.32 Å². The Morgan fingerprint density at radius 1 is 0.889 bits per heavy atom. The summed E-state index contributed by atoms with van der Waals surface area (Å²) < 4.78 is 5.76. The summed E-state index contributed by atoms with van der Waals surface area (Å²) in [5.74, 6) is 0.661. The highest BCUT2D eigenvalue weighted by atomic mass is 16.4. The number of amides is 1. The number of carbonyl (C=O) groups excluding carboxylic acids is 1. The Labute approximate surface area is 155 Å². The molecule has 6 nitrogen and oxygen atoms in total. The molecule has 1 amide bonds. The number of carbonyl (C=O) groups is 1. The molecule has 6 heteroatoms. The highest BCUT2D eigenvalue weighted by Gasteiger charge is 2.12. The minimum absolute atomic E-state index is 0.208. The van der Waals surface area contributed by atoms with Crippen LogP contribution in [-0.4, -0.2) is 21.1 Å². The molecule has 0 fully saturated rings. The molecule has 4 rings (SSSR count). The number of nitrogens with zero attached hydrogens (tertiary/aromatic N) is 3. The predicted molar refractivity (Wildman–Crippen MR) is 102 cm³/mol. The number of rotatable bonds is 4. The van der Waals surface area contributed by atoms with Crippen LogP contribution >= 0.6 is 0 Å². The van der Waals surface area contributed by atoms with Crippen LogP contribution < -0.4 is 5.32 Å². The van der Waals surface area contributed by atoms with E-state index in [-0.39, 0.29) is 5.91 Å². The number of pyridine rings is 1. The molecule has 0 saturated heterocycles. The molecule has 27 heavy (non-hydrogen) atoms. The highest BCUT2D eigenvalue weighted by molar-refractivity contribution is 6.04. The zero-order valence-electron chi connectivity index (χ0n) is 14.6. The van der Waals surface area contributed by atoms with Gasteiger partial charge in [-0.1, -0.05) is 17.7 Å². The molecule has 0 bridgehead atoms. The van der Waals surface area contributed by atoms with E-state index in [0.717, 1.165) is 11.1 Å². The molecule has 0 aliphatic carbocycles. The van der Waals surface area contributed by atoms with Gasteiger partial charge in [0.15, 0.2) is 0 Å². The molecular weight excluding hydrogens is 340 g/mol. The van der Waals surface area contributed by atoms with Gasteiger partial charge in [-0.25, -0.2) is 0 Å². The van der Waals surface area contributed by atoms with Gasteiger partial charge in [-0.15, -0.1) is 10.2 Å². The van der Waals surface area contributed by atoms with Crippen molar-refractivity contribution in [3.05, 3.63) is 84.2 Å². The zero-order chi connectivity index (χ0) is 18.6. The lowest BCUT2D eigenvalue weighted by Crippen LogP contribution is -2.11. The molecule has 0 aliphatic rings. The molecule has 2 aromatic heterocycles. The fourth-order valence-corrected chi connectivity index (χ4v) is 2.56. The molecule has 0 spiro atoms. The van der Waals surface area contributed by atoms with Crippen LogP contribution in [0.5, 0.6) is 0 Å². The van der Waals surface area contributed by atoms with E-state index in [4.69, 9.17) is 4.42 Å². The molecule has 4 aromatic rings. The SMILES string of the molecule is Cc1ccc(-c2nnc(-c3ccc(C(=O)Nc4cccnc4)cc3)o2)cc1. The molecule has 0 saturated carbocycles. The van der Waals surface area contributed by atoms with Crippen molar-refractivity contribution in [2.24, 2.45) is 0 Å². The second-order valence-electron chi connectivity index (χ2n) is 6.05. The maximum absolute atomic E-state index is 12.3. The number of benzene rings is 2. The van der Waals surface area contributed by atoms with Crippen molar-refractivity contribution in [3.63, 3.8) is 0 Å². The van der Waals surface area contributed by atoms with Crippen LogP contribution in [0.25, 0.3) is 22.9 Å². The number of hydrogen-bond acceptors (Lipinski definition) is 5. The molecular formula is C21H16N4O2. The first-order valence-corrected chi connectivity index (χ1v) is 8.41. The van der Waals surface area contributed by atoms with E-state index >= 15 is 0 Å². The lowest BCUT2D eigenvalue weighted by Gasteiger charge is -2.04. The smallest absolute Gasteiger partial charge is 0.255 e. The quantitative estimate of drug-likeness (QED) is 0.587. The largest absolute Gasteiger partial charge is 0.416 e. The minimum atomic E-state index is -0.208. The minimum Gasteiger partial charge on any atom is -0.416 e. The second-order valence-corrected chi connectivity index (χ2v) is 6.05. The molecule has 0 unspecified atom stereocenters. The van der Waals surface area contributed by atoms with E-state index in [1.54, 1.807) is 48.8 Å². The zero-order valence-corrected chi connectivity index (χ0v) is 14.6. The van der Waals surface area contributed by atoms with Crippen LogP contribution in [0.3, 0.4) is 0 Å². The van der Waals surface area contributed by atoms with E-state index in [0.29, 0.717) is 23.0 Å². The van der Waals surface area contributed by atoms with E-state index in [2.05, 4.69) is 20.5 Å². The summed E-state index contributed by atoms with van der Waals surface area (Å²) in [6.45, 7) is 2.02. The fourth-order valence-electron chi connectivity index (χ4n) is 2.56. The summed E-state index contributed by atoms with van der Waals surface area (Å²) in [5, 5.41) is 11.0. The third-order valence-corrected chi connectivity index (χ3v) is 4.04. The molecule has 0 atom stereocenters. The van der Waals surface area contributed by atoms with Gasteiger partial charge in [0, 0.05) is 22.9 Å². The van der Waals surface area contributed by atoms with Crippen molar-refractivity contribution in [3.8, 4) is 22.9 Å². The van der Waals surface area contributed by atoms with Gasteiger partial charge in [0.2, 0.25) is 11.8 Å². The summed E-state index contributed by atoms with van der Waals surface area (Å²) >= 11 is 0. The van der Waals surface area contributed by atoms with Crippen LogP contribution in [-0.2, 0) is 0 Å². The Balaban J connectivity index is 1.51. The lowest BCUT2D eigenvalue weighted by molar-refractivity contribution is 0.102. The molecule has 132 valence electrons. The molecule has 2 aromatic carbocycles. The van der Waals surface area contributed by atoms with Gasteiger partial charge in [-0.3, -0.25) is 9.78 Å². The van der Waals surface area contributed by atoms with Gasteiger partial charge in [-0.2, -0.15) is 0 Å². The Hall–Kier alpha value is -3.80. The average molecular weight is 356 g/mol. The van der Waals surface area contributed by atoms with E-state index < -0.39 is 0 Å². The number of nitrogens with one attached hydrogen (secondary N) is 1. The number of hydrogen-bond donors (Lipinski definition) is 1. The normalized spacial score (nSPS) is 10.6. The Morgan fingerprint density at radius 2 is 1.52 bits per heavy atom. The lowest BCUT2D eigenvalue weighted by atomic mass is 10.1. The van der Waals surface area contributed by atoms with Gasteiger partial charge in [0.25, 0.3) is 5.91 Å². The third-order valence-electron chi connectivity index (χ3n) is 4.04. The van der Waals surface area contributed by atoms with Crippen molar-refractivity contribution in [1.29, 1.82) is 0 Å². The standard InChI is InChI=1S/C21H16N4O2/c1-14-4-6-16(7-5-14)20-24-25-21(27-20)17-10-8-15(9-11-17)19(26)23-18-3-2-12-22-13-18/h2-13H,1H3,(H,23,26). The van der Waals surface area contributed by atoms with Crippen LogP contribution in [0.1, 0.15) is 15.9 Å². The Morgan fingerprint density at radius 3 is 2.11 bits per heavy atom. The summed E-state index contributed by atoms with van der Waals surface area (Å²) in [4.78, 5) is 16.3. The number of aromatic nitrogens is 3. The van der Waals surface area contributed by atoms with Crippen LogP contribution in [0, 0.1) is 6.92 Å². The van der Waals surface area contributed by atoms with Crippen molar-refractivity contribution in [1.82, 2.24) is 15.2 Å². The van der Waals surface area contributed by atoms with Crippen molar-refractivity contribution >= 4 is 11.6 Å². The van der Waals surface area contributed by atoms with Gasteiger partial charge < -0.3 is 9.73 Å². The van der Waals surface area contributed by atoms with Gasteiger partial charge in [0.1, 0.15) is 0 Å². The first-order valence-electron chi connectivity index (χ1n) is 8.41. The first kappa shape index (κ1) is 16.7. The Kier molecular flexibility index (Phi) is 4.45. The Bertz CT molecular complexity index is 1060. The summed E-state index contributed by atoms with van der Waals surface area (Å²) in [6.07, 6.45) is 3.25. The maximum Gasteiger partial charge on any atom is 0.255 e. The monoisotopic (exact) mass is 356 g/mol. The van der Waals surface area contributed by atoms with Gasteiger partial charge in [-0.05, 0) is 55.5 Å². The second kappa shape index (κ2) is 7.21. The molecule has 0 radical (unpaired) electrons. The van der Waals surface area contributed by atoms with E-state index in [1.165, 1.54) is 5.56 Å².